The quantitative estimate of drug-likeness (QED) is 0.220. The Morgan fingerprint density at radius 3 is 2.71 bits per heavy atom. The zero-order chi connectivity index (χ0) is 19.3. The molecule has 0 spiro atoms. The summed E-state index contributed by atoms with van der Waals surface area (Å²) >= 11 is 0. The van der Waals surface area contributed by atoms with Gasteiger partial charge in [0.05, 0.1) is 6.61 Å². The lowest BCUT2D eigenvalue weighted by Gasteiger charge is -2.32. The van der Waals surface area contributed by atoms with Crippen LogP contribution in [0.5, 0.6) is 5.75 Å². The van der Waals surface area contributed by atoms with E-state index in [1.54, 1.807) is 7.11 Å². The van der Waals surface area contributed by atoms with Crippen LogP contribution in [0, 0.1) is 5.92 Å². The van der Waals surface area contributed by atoms with Crippen LogP contribution in [-0.4, -0.2) is 64.4 Å². The lowest BCUT2D eigenvalue weighted by atomic mass is 9.97. The number of hydrogen-bond donors (Lipinski definition) is 2. The van der Waals surface area contributed by atoms with Gasteiger partial charge in [-0.15, -0.1) is 24.0 Å². The van der Waals surface area contributed by atoms with Gasteiger partial charge in [-0.25, -0.2) is 0 Å². The van der Waals surface area contributed by atoms with Crippen LogP contribution in [0.25, 0.3) is 0 Å². The minimum atomic E-state index is 0. The zero-order valence-corrected chi connectivity index (χ0v) is 19.9. The summed E-state index contributed by atoms with van der Waals surface area (Å²) in [6.07, 6.45) is 4.65. The zero-order valence-electron chi connectivity index (χ0n) is 17.6. The molecule has 1 heterocycles. The Bertz CT molecular complexity index is 563. The van der Waals surface area contributed by atoms with Gasteiger partial charge in [0.15, 0.2) is 5.96 Å². The van der Waals surface area contributed by atoms with Crippen LogP contribution in [0.15, 0.2) is 29.3 Å². The lowest BCUT2D eigenvalue weighted by Crippen LogP contribution is -2.40. The Kier molecular flexibility index (Phi) is 13.3. The van der Waals surface area contributed by atoms with Crippen LogP contribution in [0.2, 0.25) is 0 Å². The fourth-order valence-electron chi connectivity index (χ4n) is 3.34. The first-order chi connectivity index (χ1) is 13.2. The molecule has 0 bridgehead atoms. The maximum Gasteiger partial charge on any atom is 0.195 e. The highest BCUT2D eigenvalue weighted by Gasteiger charge is 2.18. The molecule has 2 rings (SSSR count). The van der Waals surface area contributed by atoms with Gasteiger partial charge in [-0.1, -0.05) is 13.0 Å². The summed E-state index contributed by atoms with van der Waals surface area (Å²) in [6, 6.07) is 7.99. The predicted octanol–water partition coefficient (Wildman–Crippen LogP) is 3.83. The maximum absolute atomic E-state index is 5.76. The maximum atomic E-state index is 5.76. The van der Waals surface area contributed by atoms with Crippen LogP contribution in [0.1, 0.15) is 32.6 Å². The third-order valence-electron chi connectivity index (χ3n) is 4.89. The molecule has 0 amide bonds. The number of rotatable bonds is 10. The Balaban J connectivity index is 0.00000392. The van der Waals surface area contributed by atoms with Crippen LogP contribution >= 0.6 is 24.0 Å². The Morgan fingerprint density at radius 1 is 1.25 bits per heavy atom. The number of likely N-dealkylation sites (tertiary alicyclic amines) is 1. The predicted molar refractivity (Wildman–Crippen MR) is 128 cm³/mol. The van der Waals surface area contributed by atoms with Gasteiger partial charge in [-0.05, 0) is 56.9 Å². The van der Waals surface area contributed by atoms with Gasteiger partial charge >= 0.3 is 0 Å². The molecule has 1 fully saturated rings. The number of anilines is 1. The molecule has 0 saturated carbocycles. The fourth-order valence-corrected chi connectivity index (χ4v) is 3.34. The van der Waals surface area contributed by atoms with Gasteiger partial charge in [0.2, 0.25) is 0 Å². The molecule has 2 N–H and O–H groups in total. The molecular weight excluding hydrogens is 467 g/mol. The van der Waals surface area contributed by atoms with Crippen molar-refractivity contribution in [2.45, 2.75) is 32.6 Å². The summed E-state index contributed by atoms with van der Waals surface area (Å²) < 4.78 is 10.8. The molecule has 1 aromatic carbocycles. The molecule has 6 nitrogen and oxygen atoms in total. The second kappa shape index (κ2) is 14.9. The average Bonchev–Trinajstić information content (AvgIpc) is 2.70. The van der Waals surface area contributed by atoms with Crippen LogP contribution in [0.3, 0.4) is 0 Å². The van der Waals surface area contributed by atoms with E-state index in [4.69, 9.17) is 9.47 Å². The van der Waals surface area contributed by atoms with Crippen LogP contribution in [0.4, 0.5) is 5.69 Å². The van der Waals surface area contributed by atoms with E-state index >= 15 is 0 Å². The van der Waals surface area contributed by atoms with E-state index in [1.807, 2.05) is 31.3 Å². The van der Waals surface area contributed by atoms with Gasteiger partial charge in [-0.2, -0.15) is 0 Å². The second-order valence-corrected chi connectivity index (χ2v) is 7.09. The summed E-state index contributed by atoms with van der Waals surface area (Å²) in [4.78, 5) is 6.93. The highest BCUT2D eigenvalue weighted by molar-refractivity contribution is 14.0. The number of nitrogens with zero attached hydrogens (tertiary/aromatic N) is 2. The third kappa shape index (κ3) is 9.43. The number of ether oxygens (including phenoxy) is 2. The van der Waals surface area contributed by atoms with Crippen molar-refractivity contribution in [2.75, 3.05) is 58.9 Å². The molecule has 1 aliphatic rings. The number of methoxy groups -OCH3 is 1. The Labute approximate surface area is 187 Å². The summed E-state index contributed by atoms with van der Waals surface area (Å²) in [5.41, 5.74) is 0.977. The summed E-state index contributed by atoms with van der Waals surface area (Å²) in [5, 5.41) is 6.84. The van der Waals surface area contributed by atoms with E-state index < -0.39 is 0 Å². The SMILES string of the molecule is CCCN1CCC(CNC(=NC)Nc2cccc(OCCCOC)c2)CC1.I. The van der Waals surface area contributed by atoms with Crippen molar-refractivity contribution in [1.82, 2.24) is 10.2 Å². The molecule has 0 aliphatic carbocycles. The number of halogens is 1. The highest BCUT2D eigenvalue weighted by atomic mass is 127. The summed E-state index contributed by atoms with van der Waals surface area (Å²) in [7, 11) is 3.52. The van der Waals surface area contributed by atoms with Gasteiger partial charge in [0.1, 0.15) is 5.75 Å². The normalized spacial score (nSPS) is 15.8. The first-order valence-corrected chi connectivity index (χ1v) is 10.2. The van der Waals surface area contributed by atoms with Gasteiger partial charge in [-0.3, -0.25) is 4.99 Å². The lowest BCUT2D eigenvalue weighted by molar-refractivity contribution is 0.172. The molecule has 0 unspecified atom stereocenters. The second-order valence-electron chi connectivity index (χ2n) is 7.09. The van der Waals surface area contributed by atoms with Gasteiger partial charge in [0, 0.05) is 45.5 Å². The van der Waals surface area contributed by atoms with Crippen molar-refractivity contribution in [3.8, 4) is 5.75 Å². The van der Waals surface area contributed by atoms with Crippen molar-refractivity contribution >= 4 is 35.6 Å². The topological polar surface area (TPSA) is 58.1 Å². The van der Waals surface area contributed by atoms with E-state index in [2.05, 4.69) is 27.4 Å². The number of nitrogens with one attached hydrogen (secondary N) is 2. The molecule has 28 heavy (non-hydrogen) atoms. The number of guanidine groups is 1. The highest BCUT2D eigenvalue weighted by Crippen LogP contribution is 2.18. The first kappa shape index (κ1) is 25.0. The van der Waals surface area contributed by atoms with Crippen molar-refractivity contribution in [2.24, 2.45) is 10.9 Å². The van der Waals surface area contributed by atoms with Gasteiger partial charge in [0.25, 0.3) is 0 Å². The van der Waals surface area contributed by atoms with Crippen molar-refractivity contribution in [3.63, 3.8) is 0 Å². The number of benzene rings is 1. The largest absolute Gasteiger partial charge is 0.493 e. The van der Waals surface area contributed by atoms with E-state index in [-0.39, 0.29) is 24.0 Å². The van der Waals surface area contributed by atoms with Crippen molar-refractivity contribution in [1.29, 1.82) is 0 Å². The van der Waals surface area contributed by atoms with Crippen LogP contribution in [-0.2, 0) is 4.74 Å². The monoisotopic (exact) mass is 504 g/mol. The molecule has 160 valence electrons. The number of piperidine rings is 1. The summed E-state index contributed by atoms with van der Waals surface area (Å²) in [5.74, 6) is 2.38. The third-order valence-corrected chi connectivity index (χ3v) is 4.89. The molecule has 7 heteroatoms. The van der Waals surface area contributed by atoms with Gasteiger partial charge < -0.3 is 25.0 Å². The Morgan fingerprint density at radius 2 is 2.04 bits per heavy atom. The average molecular weight is 504 g/mol. The van der Waals surface area contributed by atoms with Crippen LogP contribution < -0.4 is 15.4 Å². The first-order valence-electron chi connectivity index (χ1n) is 10.2. The van der Waals surface area contributed by atoms with E-state index in [9.17, 15) is 0 Å². The standard InChI is InChI=1S/C21H36N4O2.HI/c1-4-11-25-12-9-18(10-13-25)17-23-21(22-2)24-19-7-5-8-20(16-19)27-15-6-14-26-3;/h5,7-8,16,18H,4,6,9-15,17H2,1-3H3,(H2,22,23,24);1H. The van der Waals surface area contributed by atoms with Crippen molar-refractivity contribution < 1.29 is 9.47 Å². The number of hydrogen-bond acceptors (Lipinski definition) is 4. The molecule has 0 atom stereocenters. The van der Waals surface area contributed by atoms with E-state index in [0.29, 0.717) is 19.1 Å². The van der Waals surface area contributed by atoms with Crippen molar-refractivity contribution in [3.05, 3.63) is 24.3 Å². The molecule has 1 aromatic rings. The smallest absolute Gasteiger partial charge is 0.195 e. The number of aliphatic imine (C=N–C) groups is 1. The van der Waals surface area contributed by atoms with E-state index in [0.717, 1.165) is 30.4 Å². The molecule has 0 aromatic heterocycles. The molecule has 1 aliphatic heterocycles. The molecular formula is C21H37IN4O2. The minimum Gasteiger partial charge on any atom is -0.493 e. The fraction of sp³-hybridized carbons (Fsp3) is 0.667. The molecule has 1 saturated heterocycles. The molecule has 0 radical (unpaired) electrons. The Hall–Kier alpha value is -1.06. The summed E-state index contributed by atoms with van der Waals surface area (Å²) in [6.45, 7) is 8.25. The van der Waals surface area contributed by atoms with E-state index in [1.165, 1.54) is 38.9 Å². The minimum absolute atomic E-state index is 0.